The highest BCUT2D eigenvalue weighted by molar-refractivity contribution is 7.07. The predicted molar refractivity (Wildman–Crippen MR) is 69.6 cm³/mol. The molecule has 0 fully saturated rings. The highest BCUT2D eigenvalue weighted by Gasteiger charge is 2.10. The molecule has 0 aromatic carbocycles. The molecule has 0 aliphatic heterocycles. The Hall–Kier alpha value is -0.340. The lowest BCUT2D eigenvalue weighted by Crippen LogP contribution is -2.36. The number of nitrogens with one attached hydrogen (secondary N) is 1. The van der Waals surface area contributed by atoms with Gasteiger partial charge in [0.15, 0.2) is 0 Å². The maximum Gasteiger partial charge on any atom is 0.0110 e. The van der Waals surface area contributed by atoms with Gasteiger partial charge >= 0.3 is 0 Å². The quantitative estimate of drug-likeness (QED) is 0.743. The molecule has 0 amide bonds. The van der Waals surface area contributed by atoms with Gasteiger partial charge in [0, 0.05) is 12.1 Å². The smallest absolute Gasteiger partial charge is 0.0110 e. The van der Waals surface area contributed by atoms with E-state index < -0.39 is 0 Å². The summed E-state index contributed by atoms with van der Waals surface area (Å²) in [7, 11) is 0. The summed E-state index contributed by atoms with van der Waals surface area (Å²) in [5, 5.41) is 8.09. The molecule has 1 atom stereocenters. The van der Waals surface area contributed by atoms with Crippen molar-refractivity contribution in [3.8, 4) is 0 Å². The Morgan fingerprint density at radius 1 is 1.40 bits per heavy atom. The van der Waals surface area contributed by atoms with Gasteiger partial charge in [-0.2, -0.15) is 11.3 Å². The molecule has 0 radical (unpaired) electrons. The van der Waals surface area contributed by atoms with Crippen LogP contribution in [-0.2, 0) is 6.42 Å². The molecule has 0 aliphatic carbocycles. The summed E-state index contributed by atoms with van der Waals surface area (Å²) in [6.45, 7) is 6.72. The minimum atomic E-state index is 0.588. The first-order valence-corrected chi connectivity index (χ1v) is 6.93. The lowest BCUT2D eigenvalue weighted by Gasteiger charge is -2.20. The SMILES string of the molecule is CCCCC(Cc1ccsc1)NC(C)C. The van der Waals surface area contributed by atoms with Gasteiger partial charge in [0.1, 0.15) is 0 Å². The van der Waals surface area contributed by atoms with Crippen LogP contribution in [0.3, 0.4) is 0 Å². The zero-order valence-electron chi connectivity index (χ0n) is 10.1. The van der Waals surface area contributed by atoms with Crippen molar-refractivity contribution in [3.05, 3.63) is 22.4 Å². The number of hydrogen-bond acceptors (Lipinski definition) is 2. The Kier molecular flexibility index (Phi) is 5.96. The second kappa shape index (κ2) is 7.02. The molecule has 0 spiro atoms. The van der Waals surface area contributed by atoms with Crippen molar-refractivity contribution >= 4 is 11.3 Å². The summed E-state index contributed by atoms with van der Waals surface area (Å²) in [6.07, 6.45) is 5.10. The van der Waals surface area contributed by atoms with Crippen LogP contribution >= 0.6 is 11.3 Å². The van der Waals surface area contributed by atoms with E-state index in [0.717, 1.165) is 0 Å². The Bertz CT molecular complexity index is 241. The second-order valence-electron chi connectivity index (χ2n) is 4.50. The van der Waals surface area contributed by atoms with E-state index in [-0.39, 0.29) is 0 Å². The third kappa shape index (κ3) is 5.33. The van der Waals surface area contributed by atoms with Crippen LogP contribution in [0.5, 0.6) is 0 Å². The first kappa shape index (κ1) is 12.7. The Labute approximate surface area is 97.9 Å². The number of rotatable bonds is 7. The molecule has 1 N–H and O–H groups in total. The van der Waals surface area contributed by atoms with Gasteiger partial charge in [-0.05, 0) is 35.2 Å². The molecule has 0 aliphatic rings. The Morgan fingerprint density at radius 2 is 2.20 bits per heavy atom. The molecule has 1 nitrogen and oxygen atoms in total. The van der Waals surface area contributed by atoms with Crippen LogP contribution in [0.4, 0.5) is 0 Å². The van der Waals surface area contributed by atoms with Gasteiger partial charge in [-0.3, -0.25) is 0 Å². The highest BCUT2D eigenvalue weighted by atomic mass is 32.1. The lowest BCUT2D eigenvalue weighted by atomic mass is 10.0. The molecule has 86 valence electrons. The van der Waals surface area contributed by atoms with Gasteiger partial charge in [0.05, 0.1) is 0 Å². The monoisotopic (exact) mass is 225 g/mol. The maximum atomic E-state index is 3.66. The number of unbranched alkanes of at least 4 members (excludes halogenated alkanes) is 1. The normalized spacial score (nSPS) is 13.3. The van der Waals surface area contributed by atoms with E-state index in [4.69, 9.17) is 0 Å². The van der Waals surface area contributed by atoms with Crippen molar-refractivity contribution < 1.29 is 0 Å². The fourth-order valence-corrected chi connectivity index (χ4v) is 2.54. The molecule has 0 saturated heterocycles. The van der Waals surface area contributed by atoms with Crippen molar-refractivity contribution in [1.82, 2.24) is 5.32 Å². The van der Waals surface area contributed by atoms with E-state index in [1.165, 1.54) is 31.2 Å². The zero-order chi connectivity index (χ0) is 11.1. The van der Waals surface area contributed by atoms with E-state index in [2.05, 4.69) is 42.9 Å². The Balaban J connectivity index is 2.41. The van der Waals surface area contributed by atoms with Gasteiger partial charge in [-0.1, -0.05) is 33.6 Å². The first-order valence-electron chi connectivity index (χ1n) is 5.99. The molecule has 1 aromatic heterocycles. The summed E-state index contributed by atoms with van der Waals surface area (Å²) in [4.78, 5) is 0. The molecule has 15 heavy (non-hydrogen) atoms. The fourth-order valence-electron chi connectivity index (χ4n) is 1.86. The minimum absolute atomic E-state index is 0.588. The van der Waals surface area contributed by atoms with Crippen molar-refractivity contribution in [2.45, 2.75) is 58.5 Å². The third-order valence-electron chi connectivity index (χ3n) is 2.54. The third-order valence-corrected chi connectivity index (χ3v) is 3.27. The maximum absolute atomic E-state index is 3.66. The van der Waals surface area contributed by atoms with Crippen molar-refractivity contribution in [1.29, 1.82) is 0 Å². The average molecular weight is 225 g/mol. The Morgan fingerprint density at radius 3 is 2.73 bits per heavy atom. The van der Waals surface area contributed by atoms with Crippen LogP contribution in [0.15, 0.2) is 16.8 Å². The van der Waals surface area contributed by atoms with Gasteiger partial charge < -0.3 is 5.32 Å². The second-order valence-corrected chi connectivity index (χ2v) is 5.28. The largest absolute Gasteiger partial charge is 0.311 e. The van der Waals surface area contributed by atoms with Crippen LogP contribution in [0.1, 0.15) is 45.6 Å². The van der Waals surface area contributed by atoms with Crippen LogP contribution in [-0.4, -0.2) is 12.1 Å². The molecule has 1 unspecified atom stereocenters. The minimum Gasteiger partial charge on any atom is -0.311 e. The zero-order valence-corrected chi connectivity index (χ0v) is 10.9. The molecule has 1 rings (SSSR count). The van der Waals surface area contributed by atoms with Crippen molar-refractivity contribution in [2.75, 3.05) is 0 Å². The molecule has 1 aromatic rings. The molecular weight excluding hydrogens is 202 g/mol. The van der Waals surface area contributed by atoms with Gasteiger partial charge in [0.25, 0.3) is 0 Å². The van der Waals surface area contributed by atoms with Crippen LogP contribution in [0, 0.1) is 0 Å². The predicted octanol–water partition coefficient (Wildman–Crippen LogP) is 3.85. The van der Waals surface area contributed by atoms with Gasteiger partial charge in [-0.25, -0.2) is 0 Å². The summed E-state index contributed by atoms with van der Waals surface area (Å²) < 4.78 is 0. The standard InChI is InChI=1S/C13H23NS/c1-4-5-6-13(14-11(2)3)9-12-7-8-15-10-12/h7-8,10-11,13-14H,4-6,9H2,1-3H3. The van der Waals surface area contributed by atoms with Crippen LogP contribution < -0.4 is 5.32 Å². The number of hydrogen-bond donors (Lipinski definition) is 1. The van der Waals surface area contributed by atoms with Crippen LogP contribution in [0.25, 0.3) is 0 Å². The van der Waals surface area contributed by atoms with E-state index in [1.807, 2.05) is 0 Å². The van der Waals surface area contributed by atoms with Crippen LogP contribution in [0.2, 0.25) is 0 Å². The fraction of sp³-hybridized carbons (Fsp3) is 0.692. The van der Waals surface area contributed by atoms with E-state index in [1.54, 1.807) is 11.3 Å². The van der Waals surface area contributed by atoms with E-state index in [0.29, 0.717) is 12.1 Å². The lowest BCUT2D eigenvalue weighted by molar-refractivity contribution is 0.425. The summed E-state index contributed by atoms with van der Waals surface area (Å²) in [6, 6.07) is 3.48. The molecular formula is C13H23NS. The molecule has 0 bridgehead atoms. The average Bonchev–Trinajstić information content (AvgIpc) is 2.66. The van der Waals surface area contributed by atoms with E-state index >= 15 is 0 Å². The van der Waals surface area contributed by atoms with Gasteiger partial charge in [-0.15, -0.1) is 0 Å². The van der Waals surface area contributed by atoms with E-state index in [9.17, 15) is 0 Å². The summed E-state index contributed by atoms with van der Waals surface area (Å²) in [5.41, 5.74) is 1.48. The van der Waals surface area contributed by atoms with Gasteiger partial charge in [0.2, 0.25) is 0 Å². The van der Waals surface area contributed by atoms with Crippen molar-refractivity contribution in [3.63, 3.8) is 0 Å². The molecule has 1 heterocycles. The number of thiophene rings is 1. The van der Waals surface area contributed by atoms with Crippen molar-refractivity contribution in [2.24, 2.45) is 0 Å². The first-order chi connectivity index (χ1) is 7.22. The molecule has 0 saturated carbocycles. The summed E-state index contributed by atoms with van der Waals surface area (Å²) in [5.74, 6) is 0. The highest BCUT2D eigenvalue weighted by Crippen LogP contribution is 2.12. The topological polar surface area (TPSA) is 12.0 Å². The molecule has 2 heteroatoms. The summed E-state index contributed by atoms with van der Waals surface area (Å²) >= 11 is 1.80.